The van der Waals surface area contributed by atoms with Crippen molar-refractivity contribution < 1.29 is 9.53 Å². The van der Waals surface area contributed by atoms with Gasteiger partial charge in [0.05, 0.1) is 6.61 Å². The lowest BCUT2D eigenvalue weighted by Crippen LogP contribution is -2.55. The fourth-order valence-corrected chi connectivity index (χ4v) is 1.87. The zero-order chi connectivity index (χ0) is 12.1. The fourth-order valence-electron chi connectivity index (χ4n) is 1.87. The van der Waals surface area contributed by atoms with Crippen LogP contribution in [-0.4, -0.2) is 43.3 Å². The van der Waals surface area contributed by atoms with E-state index in [2.05, 4.69) is 19.2 Å². The summed E-state index contributed by atoms with van der Waals surface area (Å²) in [5.74, 6) is 0.851. The quantitative estimate of drug-likeness (QED) is 0.799. The summed E-state index contributed by atoms with van der Waals surface area (Å²) in [6.45, 7) is 11.4. The summed E-state index contributed by atoms with van der Waals surface area (Å²) in [4.78, 5) is 13.8. The van der Waals surface area contributed by atoms with E-state index in [0.717, 1.165) is 19.6 Å². The molecule has 4 nitrogen and oxygen atoms in total. The highest BCUT2D eigenvalue weighted by atomic mass is 16.6. The standard InChI is InChI=1S/C12H24N2O2/c1-9(2)8-16-12(15)14-6-5-13-7-11(14)10(3)4/h9-11,13H,5-8H2,1-4H3. The summed E-state index contributed by atoms with van der Waals surface area (Å²) >= 11 is 0. The predicted molar refractivity (Wildman–Crippen MR) is 64.4 cm³/mol. The first-order valence-corrected chi connectivity index (χ1v) is 6.16. The minimum atomic E-state index is -0.158. The van der Waals surface area contributed by atoms with Gasteiger partial charge >= 0.3 is 6.09 Å². The number of ether oxygens (including phenoxy) is 1. The van der Waals surface area contributed by atoms with Crippen LogP contribution in [0.1, 0.15) is 27.7 Å². The van der Waals surface area contributed by atoms with Gasteiger partial charge in [-0.3, -0.25) is 0 Å². The summed E-state index contributed by atoms with van der Waals surface area (Å²) < 4.78 is 5.28. The maximum atomic E-state index is 11.9. The molecule has 1 aliphatic heterocycles. The average Bonchev–Trinajstić information content (AvgIpc) is 2.25. The summed E-state index contributed by atoms with van der Waals surface area (Å²) in [5.41, 5.74) is 0. The molecule has 1 unspecified atom stereocenters. The maximum Gasteiger partial charge on any atom is 0.410 e. The first-order chi connectivity index (χ1) is 7.52. The Morgan fingerprint density at radius 3 is 2.69 bits per heavy atom. The molecule has 1 heterocycles. The Morgan fingerprint density at radius 1 is 1.44 bits per heavy atom. The molecule has 0 saturated carbocycles. The van der Waals surface area contributed by atoms with E-state index in [-0.39, 0.29) is 12.1 Å². The Labute approximate surface area is 98.3 Å². The second-order valence-electron chi connectivity index (χ2n) is 5.18. The molecule has 1 N–H and O–H groups in total. The van der Waals surface area contributed by atoms with Crippen LogP contribution in [0.15, 0.2) is 0 Å². The molecule has 1 saturated heterocycles. The van der Waals surface area contributed by atoms with Crippen molar-refractivity contribution in [1.29, 1.82) is 0 Å². The molecular weight excluding hydrogens is 204 g/mol. The summed E-state index contributed by atoms with van der Waals surface area (Å²) in [6, 6.07) is 0.258. The van der Waals surface area contributed by atoms with Crippen molar-refractivity contribution in [2.75, 3.05) is 26.2 Å². The van der Waals surface area contributed by atoms with E-state index < -0.39 is 0 Å². The number of carbonyl (C=O) groups excluding carboxylic acids is 1. The van der Waals surface area contributed by atoms with Crippen molar-refractivity contribution >= 4 is 6.09 Å². The van der Waals surface area contributed by atoms with Crippen LogP contribution in [0.25, 0.3) is 0 Å². The molecule has 16 heavy (non-hydrogen) atoms. The summed E-state index contributed by atoms with van der Waals surface area (Å²) in [6.07, 6.45) is -0.158. The lowest BCUT2D eigenvalue weighted by Gasteiger charge is -2.37. The number of piperazine rings is 1. The maximum absolute atomic E-state index is 11.9. The molecule has 0 aromatic carbocycles. The molecule has 0 bridgehead atoms. The second kappa shape index (κ2) is 6.09. The molecular formula is C12H24N2O2. The van der Waals surface area contributed by atoms with E-state index in [0.29, 0.717) is 18.4 Å². The van der Waals surface area contributed by atoms with Crippen molar-refractivity contribution in [2.24, 2.45) is 11.8 Å². The first kappa shape index (κ1) is 13.3. The molecule has 0 radical (unpaired) electrons. The third kappa shape index (κ3) is 3.67. The molecule has 1 aliphatic rings. The number of hydrogen-bond acceptors (Lipinski definition) is 3. The van der Waals surface area contributed by atoms with Gasteiger partial charge in [-0.15, -0.1) is 0 Å². The van der Waals surface area contributed by atoms with Gasteiger partial charge in [0.15, 0.2) is 0 Å². The smallest absolute Gasteiger partial charge is 0.410 e. The Balaban J connectivity index is 2.50. The second-order valence-corrected chi connectivity index (χ2v) is 5.18. The Bertz CT molecular complexity index is 229. The SMILES string of the molecule is CC(C)COC(=O)N1CCNCC1C(C)C. The zero-order valence-corrected chi connectivity index (χ0v) is 10.8. The molecule has 4 heteroatoms. The van der Waals surface area contributed by atoms with E-state index in [4.69, 9.17) is 4.74 Å². The molecule has 1 rings (SSSR count). The van der Waals surface area contributed by atoms with Crippen molar-refractivity contribution in [3.63, 3.8) is 0 Å². The van der Waals surface area contributed by atoms with Crippen molar-refractivity contribution in [3.05, 3.63) is 0 Å². The zero-order valence-electron chi connectivity index (χ0n) is 10.8. The van der Waals surface area contributed by atoms with Crippen molar-refractivity contribution in [2.45, 2.75) is 33.7 Å². The third-order valence-electron chi connectivity index (χ3n) is 2.83. The van der Waals surface area contributed by atoms with E-state index in [1.165, 1.54) is 0 Å². The third-order valence-corrected chi connectivity index (χ3v) is 2.83. The Kier molecular flexibility index (Phi) is 5.06. The highest BCUT2D eigenvalue weighted by molar-refractivity contribution is 5.68. The summed E-state index contributed by atoms with van der Waals surface area (Å²) in [7, 11) is 0. The van der Waals surface area contributed by atoms with Gasteiger partial charge in [-0.25, -0.2) is 4.79 Å². The molecule has 1 atom stereocenters. The van der Waals surface area contributed by atoms with E-state index >= 15 is 0 Å². The summed E-state index contributed by atoms with van der Waals surface area (Å²) in [5, 5.41) is 3.32. The van der Waals surface area contributed by atoms with E-state index in [1.807, 2.05) is 18.7 Å². The van der Waals surface area contributed by atoms with Crippen LogP contribution in [-0.2, 0) is 4.74 Å². The van der Waals surface area contributed by atoms with Gasteiger partial charge in [-0.2, -0.15) is 0 Å². The largest absolute Gasteiger partial charge is 0.449 e. The highest BCUT2D eigenvalue weighted by Gasteiger charge is 2.29. The average molecular weight is 228 g/mol. The lowest BCUT2D eigenvalue weighted by molar-refractivity contribution is 0.0589. The lowest BCUT2D eigenvalue weighted by atomic mass is 10.0. The molecule has 1 fully saturated rings. The van der Waals surface area contributed by atoms with Crippen molar-refractivity contribution in [1.82, 2.24) is 10.2 Å². The van der Waals surface area contributed by atoms with Gasteiger partial charge in [-0.05, 0) is 11.8 Å². The molecule has 0 aromatic heterocycles. The number of nitrogens with one attached hydrogen (secondary N) is 1. The van der Waals surface area contributed by atoms with Crippen LogP contribution in [0.4, 0.5) is 4.79 Å². The normalized spacial score (nSPS) is 21.6. The minimum absolute atomic E-state index is 0.158. The molecule has 0 spiro atoms. The number of hydrogen-bond donors (Lipinski definition) is 1. The number of amides is 1. The van der Waals surface area contributed by atoms with E-state index in [9.17, 15) is 4.79 Å². The number of nitrogens with zero attached hydrogens (tertiary/aromatic N) is 1. The minimum Gasteiger partial charge on any atom is -0.449 e. The van der Waals surface area contributed by atoms with Gasteiger partial charge in [0, 0.05) is 25.7 Å². The Morgan fingerprint density at radius 2 is 2.12 bits per heavy atom. The predicted octanol–water partition coefficient (Wildman–Crippen LogP) is 1.71. The van der Waals surface area contributed by atoms with Crippen LogP contribution in [0.2, 0.25) is 0 Å². The van der Waals surface area contributed by atoms with Crippen LogP contribution >= 0.6 is 0 Å². The van der Waals surface area contributed by atoms with Crippen LogP contribution < -0.4 is 5.32 Å². The molecule has 94 valence electrons. The fraction of sp³-hybridized carbons (Fsp3) is 0.917. The first-order valence-electron chi connectivity index (χ1n) is 6.16. The monoisotopic (exact) mass is 228 g/mol. The van der Waals surface area contributed by atoms with Gasteiger partial charge < -0.3 is 15.0 Å². The number of carbonyl (C=O) groups is 1. The molecule has 1 amide bonds. The van der Waals surface area contributed by atoms with Gasteiger partial charge in [0.1, 0.15) is 0 Å². The highest BCUT2D eigenvalue weighted by Crippen LogP contribution is 2.14. The topological polar surface area (TPSA) is 41.6 Å². The number of rotatable bonds is 3. The van der Waals surface area contributed by atoms with Gasteiger partial charge in [0.2, 0.25) is 0 Å². The van der Waals surface area contributed by atoms with Crippen LogP contribution in [0, 0.1) is 11.8 Å². The Hall–Kier alpha value is -0.770. The molecule has 0 aliphatic carbocycles. The van der Waals surface area contributed by atoms with Crippen LogP contribution in [0.3, 0.4) is 0 Å². The van der Waals surface area contributed by atoms with E-state index in [1.54, 1.807) is 0 Å². The van der Waals surface area contributed by atoms with Crippen LogP contribution in [0.5, 0.6) is 0 Å². The molecule has 0 aromatic rings. The van der Waals surface area contributed by atoms with Gasteiger partial charge in [-0.1, -0.05) is 27.7 Å². The van der Waals surface area contributed by atoms with Gasteiger partial charge in [0.25, 0.3) is 0 Å². The van der Waals surface area contributed by atoms with Crippen molar-refractivity contribution in [3.8, 4) is 0 Å².